The van der Waals surface area contributed by atoms with Crippen LogP contribution in [0.2, 0.25) is 5.02 Å². The first-order chi connectivity index (χ1) is 6.77. The van der Waals surface area contributed by atoms with Gasteiger partial charge in [-0.3, -0.25) is 4.79 Å². The van der Waals surface area contributed by atoms with Crippen molar-refractivity contribution >= 4 is 55.2 Å². The van der Waals surface area contributed by atoms with Crippen LogP contribution in [0.4, 0.5) is 0 Å². The van der Waals surface area contributed by atoms with Crippen molar-refractivity contribution in [2.45, 2.75) is 5.33 Å². The zero-order valence-corrected chi connectivity index (χ0v) is 10.2. The fraction of sp³-hybridized carbons (Fsp3) is 0.100. The topological polar surface area (TPSA) is 17.1 Å². The van der Waals surface area contributed by atoms with Gasteiger partial charge in [-0.1, -0.05) is 33.6 Å². The standard InChI is InChI=1S/C10H6BrClOS/c11-3-6-1-2-8(12)9-7(4-13)5-14-10(6)9/h1-2,4-5H,3H2. The van der Waals surface area contributed by atoms with Gasteiger partial charge in [0, 0.05) is 31.4 Å². The van der Waals surface area contributed by atoms with E-state index in [0.29, 0.717) is 10.6 Å². The average Bonchev–Trinajstić information content (AvgIpc) is 2.63. The first kappa shape index (κ1) is 10.1. The maximum absolute atomic E-state index is 10.8. The Morgan fingerprint density at radius 3 is 2.93 bits per heavy atom. The summed E-state index contributed by atoms with van der Waals surface area (Å²) < 4.78 is 1.09. The second-order valence-electron chi connectivity index (χ2n) is 2.85. The Morgan fingerprint density at radius 1 is 1.50 bits per heavy atom. The SMILES string of the molecule is O=Cc1csc2c(CBr)ccc(Cl)c12. The Labute approximate surface area is 98.8 Å². The molecule has 0 fully saturated rings. The summed E-state index contributed by atoms with van der Waals surface area (Å²) in [5.41, 5.74) is 1.85. The summed E-state index contributed by atoms with van der Waals surface area (Å²) in [5.74, 6) is 0. The second kappa shape index (κ2) is 4.01. The molecular formula is C10H6BrClOS. The lowest BCUT2D eigenvalue weighted by Gasteiger charge is -2.00. The van der Waals surface area contributed by atoms with Crippen LogP contribution < -0.4 is 0 Å². The number of aldehydes is 1. The molecule has 0 atom stereocenters. The number of rotatable bonds is 2. The average molecular weight is 290 g/mol. The van der Waals surface area contributed by atoms with Crippen molar-refractivity contribution in [3.05, 3.63) is 33.7 Å². The Balaban J connectivity index is 2.86. The van der Waals surface area contributed by atoms with Crippen LogP contribution in [-0.2, 0) is 5.33 Å². The minimum Gasteiger partial charge on any atom is -0.298 e. The van der Waals surface area contributed by atoms with Gasteiger partial charge in [0.05, 0.1) is 0 Å². The fourth-order valence-electron chi connectivity index (χ4n) is 1.38. The number of hydrogen-bond donors (Lipinski definition) is 0. The maximum Gasteiger partial charge on any atom is 0.151 e. The Hall–Kier alpha value is -0.380. The quantitative estimate of drug-likeness (QED) is 0.596. The highest BCUT2D eigenvalue weighted by Gasteiger charge is 2.10. The molecule has 0 aliphatic heterocycles. The highest BCUT2D eigenvalue weighted by molar-refractivity contribution is 9.08. The molecule has 1 aromatic carbocycles. The molecule has 2 rings (SSSR count). The van der Waals surface area contributed by atoms with E-state index >= 15 is 0 Å². The summed E-state index contributed by atoms with van der Waals surface area (Å²) in [6.07, 6.45) is 0.850. The van der Waals surface area contributed by atoms with E-state index in [1.165, 1.54) is 5.56 Å². The number of benzene rings is 1. The number of thiophene rings is 1. The van der Waals surface area contributed by atoms with Gasteiger partial charge in [0.1, 0.15) is 0 Å². The predicted molar refractivity (Wildman–Crippen MR) is 64.9 cm³/mol. The molecule has 1 aromatic heterocycles. The third kappa shape index (κ3) is 1.49. The number of halogens is 2. The number of carbonyl (C=O) groups is 1. The van der Waals surface area contributed by atoms with Crippen molar-refractivity contribution in [2.24, 2.45) is 0 Å². The van der Waals surface area contributed by atoms with Crippen LogP contribution in [0.25, 0.3) is 10.1 Å². The molecule has 1 heterocycles. The summed E-state index contributed by atoms with van der Waals surface area (Å²) in [6.45, 7) is 0. The third-order valence-electron chi connectivity index (χ3n) is 2.05. The molecule has 0 saturated carbocycles. The van der Waals surface area contributed by atoms with Crippen molar-refractivity contribution in [3.63, 3.8) is 0 Å². The summed E-state index contributed by atoms with van der Waals surface area (Å²) in [7, 11) is 0. The highest BCUT2D eigenvalue weighted by atomic mass is 79.9. The van der Waals surface area contributed by atoms with E-state index < -0.39 is 0 Å². The number of alkyl halides is 1. The van der Waals surface area contributed by atoms with E-state index in [0.717, 1.165) is 21.7 Å². The highest BCUT2D eigenvalue weighted by Crippen LogP contribution is 2.34. The Bertz CT molecular complexity index is 492. The molecule has 0 aliphatic carbocycles. The minimum atomic E-state index is 0.646. The van der Waals surface area contributed by atoms with Crippen LogP contribution in [0.3, 0.4) is 0 Å². The van der Waals surface area contributed by atoms with E-state index in [4.69, 9.17) is 11.6 Å². The Kier molecular flexibility index (Phi) is 2.91. The second-order valence-corrected chi connectivity index (χ2v) is 4.70. The van der Waals surface area contributed by atoms with E-state index in [9.17, 15) is 4.79 Å². The van der Waals surface area contributed by atoms with E-state index in [1.54, 1.807) is 11.3 Å². The van der Waals surface area contributed by atoms with Gasteiger partial charge >= 0.3 is 0 Å². The molecule has 0 saturated heterocycles. The van der Waals surface area contributed by atoms with Gasteiger partial charge in [0.15, 0.2) is 6.29 Å². The largest absolute Gasteiger partial charge is 0.298 e. The summed E-state index contributed by atoms with van der Waals surface area (Å²) >= 11 is 11.0. The zero-order valence-electron chi connectivity index (χ0n) is 7.09. The molecule has 4 heteroatoms. The predicted octanol–water partition coefficient (Wildman–Crippen LogP) is 4.26. The molecule has 72 valence electrons. The molecular weight excluding hydrogens is 284 g/mol. The molecule has 0 unspecified atom stereocenters. The lowest BCUT2D eigenvalue weighted by Crippen LogP contribution is -1.81. The molecule has 0 radical (unpaired) electrons. The van der Waals surface area contributed by atoms with E-state index in [2.05, 4.69) is 15.9 Å². The van der Waals surface area contributed by atoms with Crippen molar-refractivity contribution in [1.82, 2.24) is 0 Å². The molecule has 2 aromatic rings. The first-order valence-electron chi connectivity index (χ1n) is 3.97. The molecule has 0 aliphatic rings. The lowest BCUT2D eigenvalue weighted by atomic mass is 10.1. The van der Waals surface area contributed by atoms with Crippen LogP contribution in [-0.4, -0.2) is 6.29 Å². The van der Waals surface area contributed by atoms with E-state index in [1.807, 2.05) is 17.5 Å². The van der Waals surface area contributed by atoms with Crippen molar-refractivity contribution in [3.8, 4) is 0 Å². The van der Waals surface area contributed by atoms with Crippen LogP contribution in [0, 0.1) is 0 Å². The summed E-state index contributed by atoms with van der Waals surface area (Å²) in [5, 5.41) is 4.14. The molecule has 0 N–H and O–H groups in total. The zero-order chi connectivity index (χ0) is 10.1. The molecule has 0 bridgehead atoms. The smallest absolute Gasteiger partial charge is 0.151 e. The molecule has 14 heavy (non-hydrogen) atoms. The normalized spacial score (nSPS) is 10.7. The van der Waals surface area contributed by atoms with Crippen LogP contribution in [0.5, 0.6) is 0 Å². The number of fused-ring (bicyclic) bond motifs is 1. The summed E-state index contributed by atoms with van der Waals surface area (Å²) in [4.78, 5) is 10.8. The monoisotopic (exact) mass is 288 g/mol. The van der Waals surface area contributed by atoms with E-state index in [-0.39, 0.29) is 0 Å². The number of carbonyl (C=O) groups excluding carboxylic acids is 1. The Morgan fingerprint density at radius 2 is 2.29 bits per heavy atom. The van der Waals surface area contributed by atoms with Gasteiger partial charge < -0.3 is 0 Å². The molecule has 1 nitrogen and oxygen atoms in total. The van der Waals surface area contributed by atoms with Gasteiger partial charge in [0.25, 0.3) is 0 Å². The first-order valence-corrected chi connectivity index (χ1v) is 6.35. The van der Waals surface area contributed by atoms with Crippen LogP contribution in [0.15, 0.2) is 17.5 Å². The minimum absolute atomic E-state index is 0.646. The van der Waals surface area contributed by atoms with Gasteiger partial charge in [0.2, 0.25) is 0 Å². The van der Waals surface area contributed by atoms with Crippen LogP contribution >= 0.6 is 38.9 Å². The van der Waals surface area contributed by atoms with Crippen LogP contribution in [0.1, 0.15) is 15.9 Å². The van der Waals surface area contributed by atoms with Crippen molar-refractivity contribution in [1.29, 1.82) is 0 Å². The van der Waals surface area contributed by atoms with Crippen molar-refractivity contribution in [2.75, 3.05) is 0 Å². The fourth-order valence-corrected chi connectivity index (χ4v) is 3.41. The van der Waals surface area contributed by atoms with Crippen molar-refractivity contribution < 1.29 is 4.79 Å². The third-order valence-corrected chi connectivity index (χ3v) is 4.04. The van der Waals surface area contributed by atoms with Gasteiger partial charge in [-0.15, -0.1) is 11.3 Å². The van der Waals surface area contributed by atoms with Gasteiger partial charge in [-0.25, -0.2) is 0 Å². The molecule has 0 spiro atoms. The lowest BCUT2D eigenvalue weighted by molar-refractivity contribution is 0.112. The molecule has 0 amide bonds. The van der Waals surface area contributed by atoms with Gasteiger partial charge in [-0.05, 0) is 11.6 Å². The van der Waals surface area contributed by atoms with Gasteiger partial charge in [-0.2, -0.15) is 0 Å². The summed E-state index contributed by atoms with van der Waals surface area (Å²) in [6, 6.07) is 3.81. The maximum atomic E-state index is 10.8. The number of hydrogen-bond acceptors (Lipinski definition) is 2.